The second-order valence-electron chi connectivity index (χ2n) is 34.2. The van der Waals surface area contributed by atoms with Gasteiger partial charge in [-0.3, -0.25) is 0 Å². The van der Waals surface area contributed by atoms with Gasteiger partial charge < -0.3 is 9.97 Å². The molecule has 0 saturated carbocycles. The number of nitrogens with one attached hydrogen (secondary N) is 2. The van der Waals surface area contributed by atoms with Crippen molar-refractivity contribution in [3.05, 3.63) is 187 Å². The highest BCUT2D eigenvalue weighted by Crippen LogP contribution is 2.51. The molecule has 0 spiro atoms. The van der Waals surface area contributed by atoms with Crippen molar-refractivity contribution in [2.45, 2.75) is 261 Å². The van der Waals surface area contributed by atoms with E-state index in [0.29, 0.717) is 0 Å². The van der Waals surface area contributed by atoms with Gasteiger partial charge in [-0.2, -0.15) is 0 Å². The summed E-state index contributed by atoms with van der Waals surface area (Å²) < 4.78 is 0. The average Bonchev–Trinajstić information content (AvgIpc) is 1.58. The summed E-state index contributed by atoms with van der Waals surface area (Å²) in [7, 11) is 0. The maximum atomic E-state index is 6.04. The summed E-state index contributed by atoms with van der Waals surface area (Å²) in [6.07, 6.45) is 33.4. The molecule has 0 radical (unpaired) electrons. The fourth-order valence-electron chi connectivity index (χ4n) is 15.1. The Labute approximate surface area is 659 Å². The molecule has 9 aromatic heterocycles. The maximum Gasteiger partial charge on any atom is 0.0745 e. The second-order valence-corrected chi connectivity index (χ2v) is 40.3. The highest BCUT2D eigenvalue weighted by molar-refractivity contribution is 7.28. The van der Waals surface area contributed by atoms with Gasteiger partial charge in [0, 0.05) is 93.1 Å². The highest BCUT2D eigenvalue weighted by Gasteiger charge is 2.29. The van der Waals surface area contributed by atoms with Crippen molar-refractivity contribution in [3.63, 3.8) is 0 Å². The van der Waals surface area contributed by atoms with Crippen LogP contribution in [0.25, 0.3) is 129 Å². The van der Waals surface area contributed by atoms with Crippen molar-refractivity contribution in [1.29, 1.82) is 0 Å². The Morgan fingerprint density at radius 1 is 0.283 bits per heavy atom. The third-order valence-corrected chi connectivity index (χ3v) is 28.8. The van der Waals surface area contributed by atoms with Crippen LogP contribution in [0.5, 0.6) is 0 Å². The normalized spacial score (nSPS) is 12.8. The van der Waals surface area contributed by atoms with Crippen molar-refractivity contribution in [2.24, 2.45) is 0 Å². The first kappa shape index (κ1) is 77.4. The number of rotatable bonds is 28. The predicted molar refractivity (Wildman–Crippen MR) is 476 cm³/mol. The van der Waals surface area contributed by atoms with E-state index >= 15 is 0 Å². The molecule has 8 bridgehead atoms. The van der Waals surface area contributed by atoms with Gasteiger partial charge in [-0.1, -0.05) is 224 Å². The molecule has 2 aliphatic rings. The van der Waals surface area contributed by atoms with E-state index in [1.807, 2.05) is 68.0 Å². The number of unbranched alkanes of at least 4 members (excludes halogenated alkanes) is 12. The number of fused-ring (bicyclic) bond motifs is 8. The number of aryl methyl sites for hydroxylation is 4. The second kappa shape index (κ2) is 33.2. The number of thiophene rings is 6. The molecule has 2 aliphatic heterocycles. The molecule has 0 aliphatic carbocycles. The first-order valence-corrected chi connectivity index (χ1v) is 45.0. The standard InChI is InChI=1S/C96H114N4S6/c1-17-21-25-29-33-61-49-51-101-89(61)79-45-47-81(103-79)91-63(35-31-27-23-19-3)57-83(105-91)87-75-41-37-71(97-75)85(65-53-67(93(5,6)7)59-68(54-65)94(8,9)10)73-39-43-77(99-73)88(78-44-40-74(100-78)86(72-38-42-76(87)98-72)66-55-69(95(11,12)13)60-70(56-66)96(14,15)16)84-58-64(36-32-28-24-20-4)92(106-84)82-48-46-80(104-82)90-62(50-52-102-90)34-30-26-22-18-2/h37-60,97,100H,17-36H2,1-16H3. The van der Waals surface area contributed by atoms with Crippen molar-refractivity contribution >= 4 is 114 Å². The number of aromatic amines is 2. The van der Waals surface area contributed by atoms with Gasteiger partial charge in [0.15, 0.2) is 0 Å². The lowest BCUT2D eigenvalue weighted by Crippen LogP contribution is -2.16. The van der Waals surface area contributed by atoms with Crippen LogP contribution in [-0.2, 0) is 47.3 Å². The predicted octanol–water partition coefficient (Wildman–Crippen LogP) is 32.0. The van der Waals surface area contributed by atoms with Crippen LogP contribution in [0, 0.1) is 0 Å². The Hall–Kier alpha value is -6.76. The van der Waals surface area contributed by atoms with Crippen LogP contribution >= 0.6 is 68.0 Å². The largest absolute Gasteiger partial charge is 0.354 e. The van der Waals surface area contributed by atoms with E-state index in [4.69, 9.17) is 9.97 Å². The fourth-order valence-corrected chi connectivity index (χ4v) is 22.2. The summed E-state index contributed by atoms with van der Waals surface area (Å²) in [5.41, 5.74) is 25.3. The minimum Gasteiger partial charge on any atom is -0.354 e. The molecule has 2 N–H and O–H groups in total. The smallest absolute Gasteiger partial charge is 0.0745 e. The van der Waals surface area contributed by atoms with Crippen molar-refractivity contribution in [3.8, 4) is 82.2 Å². The van der Waals surface area contributed by atoms with Crippen LogP contribution in [0.1, 0.15) is 281 Å². The zero-order valence-corrected chi connectivity index (χ0v) is 71.2. The van der Waals surface area contributed by atoms with Crippen molar-refractivity contribution < 1.29 is 0 Å². The number of aromatic nitrogens is 4. The van der Waals surface area contributed by atoms with E-state index < -0.39 is 0 Å². The van der Waals surface area contributed by atoms with Gasteiger partial charge in [0.2, 0.25) is 0 Å². The molecule has 0 fully saturated rings. The number of benzene rings is 2. The molecule has 554 valence electrons. The lowest BCUT2D eigenvalue weighted by molar-refractivity contribution is 0.568. The van der Waals surface area contributed by atoms with Crippen LogP contribution in [0.2, 0.25) is 0 Å². The van der Waals surface area contributed by atoms with Crippen LogP contribution < -0.4 is 0 Å². The zero-order valence-electron chi connectivity index (χ0n) is 66.3. The van der Waals surface area contributed by atoms with Crippen LogP contribution in [0.3, 0.4) is 0 Å². The molecular weight excluding hydrogens is 1400 g/mol. The highest BCUT2D eigenvalue weighted by atomic mass is 32.1. The zero-order chi connectivity index (χ0) is 74.7. The van der Waals surface area contributed by atoms with Gasteiger partial charge in [-0.25, -0.2) is 9.97 Å². The van der Waals surface area contributed by atoms with Gasteiger partial charge in [0.25, 0.3) is 0 Å². The van der Waals surface area contributed by atoms with Crippen molar-refractivity contribution in [1.82, 2.24) is 19.9 Å². The van der Waals surface area contributed by atoms with E-state index in [-0.39, 0.29) is 21.7 Å². The molecule has 0 amide bonds. The Bertz CT molecular complexity index is 4740. The summed E-state index contributed by atoms with van der Waals surface area (Å²) in [6.45, 7) is 37.5. The summed E-state index contributed by atoms with van der Waals surface area (Å²) in [5, 5.41) is 4.62. The number of hydrogen-bond donors (Lipinski definition) is 2. The van der Waals surface area contributed by atoms with Gasteiger partial charge in [-0.15, -0.1) is 68.0 Å². The minimum atomic E-state index is -0.115. The van der Waals surface area contributed by atoms with Crippen molar-refractivity contribution in [2.75, 3.05) is 0 Å². The third-order valence-electron chi connectivity index (χ3n) is 21.6. The lowest BCUT2D eigenvalue weighted by atomic mass is 9.78. The van der Waals surface area contributed by atoms with Gasteiger partial charge in [-0.05, 0) is 237 Å². The summed E-state index contributed by atoms with van der Waals surface area (Å²) in [4.78, 5) is 34.1. The SMILES string of the molecule is CCCCCCc1ccsc1-c1ccc(-c2sc(-c3c4nc(c(-c5cc(C(C)(C)C)cc(C(C)(C)C)c5)c5ccc([nH]5)c(-c5cc(CCCCCC)c(-c6ccc(-c7sccc7CCCCCC)s6)s5)c5nc(c(-c6cc(C(C)(C)C)cc(C(C)(C)C)c6)c6ccc3[nH]6)C=C5)C=C4)cc2CCCCCC)s1. The van der Waals surface area contributed by atoms with Crippen LogP contribution in [0.15, 0.2) is 120 Å². The Morgan fingerprint density at radius 3 is 0.887 bits per heavy atom. The lowest BCUT2D eigenvalue weighted by Gasteiger charge is -2.26. The molecular formula is C96H114N4S6. The third kappa shape index (κ3) is 17.4. The summed E-state index contributed by atoms with van der Waals surface area (Å²) in [5.74, 6) is 0. The van der Waals surface area contributed by atoms with Gasteiger partial charge in [0.1, 0.15) is 0 Å². The average molecular weight is 1520 g/mol. The first-order chi connectivity index (χ1) is 50.9. The number of nitrogens with zero attached hydrogens (tertiary/aromatic N) is 2. The van der Waals surface area contributed by atoms with Gasteiger partial charge in [0.05, 0.1) is 22.8 Å². The van der Waals surface area contributed by atoms with E-state index in [9.17, 15) is 0 Å². The molecule has 2 aromatic carbocycles. The van der Waals surface area contributed by atoms with E-state index in [1.54, 1.807) is 0 Å². The number of hydrogen-bond acceptors (Lipinski definition) is 8. The summed E-state index contributed by atoms with van der Waals surface area (Å²) in [6, 6.07) is 43.7. The monoisotopic (exact) mass is 1510 g/mol. The van der Waals surface area contributed by atoms with E-state index in [2.05, 4.69) is 265 Å². The topological polar surface area (TPSA) is 57.4 Å². The van der Waals surface area contributed by atoms with E-state index in [1.165, 1.54) is 183 Å². The first-order valence-electron chi connectivity index (χ1n) is 40.0. The molecule has 4 nitrogen and oxygen atoms in total. The van der Waals surface area contributed by atoms with E-state index in [0.717, 1.165) is 117 Å². The molecule has 0 unspecified atom stereocenters. The molecule has 0 saturated heterocycles. The Morgan fingerprint density at radius 2 is 0.575 bits per heavy atom. The van der Waals surface area contributed by atoms with Crippen LogP contribution in [0.4, 0.5) is 0 Å². The number of H-pyrrole nitrogens is 2. The minimum absolute atomic E-state index is 0.115. The molecule has 11 aromatic rings. The Kier molecular flexibility index (Phi) is 24.3. The van der Waals surface area contributed by atoms with Crippen LogP contribution in [-0.4, -0.2) is 19.9 Å². The molecule has 13 rings (SSSR count). The quantitative estimate of drug-likeness (QED) is 0.0480. The molecule has 10 heteroatoms. The molecule has 0 atom stereocenters. The molecule has 11 heterocycles. The Balaban J connectivity index is 1.10. The maximum absolute atomic E-state index is 6.04. The fraction of sp³-hybridized carbons (Fsp3) is 0.417. The van der Waals surface area contributed by atoms with Gasteiger partial charge >= 0.3 is 0 Å². The summed E-state index contributed by atoms with van der Waals surface area (Å²) >= 11 is 11.7. The molecule has 106 heavy (non-hydrogen) atoms.